The Hall–Kier alpha value is -0.830. The molecule has 1 N–H and O–H groups in total. The fourth-order valence-electron chi connectivity index (χ4n) is 6.89. The number of carbonyl (C=O) groups excluding carboxylic acids is 1. The van der Waals surface area contributed by atoms with Gasteiger partial charge in [0.2, 0.25) is 0 Å². The maximum absolute atomic E-state index is 11.9. The number of ether oxygens (including phenoxy) is 1. The molecule has 0 heterocycles. The second kappa shape index (κ2) is 8.27. The van der Waals surface area contributed by atoms with E-state index in [1.54, 1.807) is 5.57 Å². The summed E-state index contributed by atoms with van der Waals surface area (Å²) in [5.41, 5.74) is 1.82. The third-order valence-electron chi connectivity index (χ3n) is 8.70. The van der Waals surface area contributed by atoms with E-state index in [1.807, 2.05) is 0 Å². The number of unbranched alkanes of at least 4 members (excludes halogenated alkanes) is 2. The van der Waals surface area contributed by atoms with E-state index < -0.39 is 0 Å². The lowest BCUT2D eigenvalue weighted by molar-refractivity contribution is -0.141. The lowest BCUT2D eigenvalue weighted by Crippen LogP contribution is -2.49. The van der Waals surface area contributed by atoms with Crippen LogP contribution >= 0.6 is 0 Å². The number of hydrogen-bond acceptors (Lipinski definition) is 3. The Balaban J connectivity index is 1.85. The van der Waals surface area contributed by atoms with Crippen LogP contribution in [0.4, 0.5) is 0 Å². The summed E-state index contributed by atoms with van der Waals surface area (Å²) in [7, 11) is 1.50. The van der Waals surface area contributed by atoms with Gasteiger partial charge in [-0.25, -0.2) is 0 Å². The molecule has 3 aliphatic carbocycles. The minimum atomic E-state index is -0.125. The van der Waals surface area contributed by atoms with Gasteiger partial charge in [0.05, 0.1) is 13.2 Å². The average molecular weight is 377 g/mol. The van der Waals surface area contributed by atoms with Gasteiger partial charge in [0, 0.05) is 6.42 Å². The Labute approximate surface area is 165 Å². The van der Waals surface area contributed by atoms with Crippen LogP contribution in [0, 0.1) is 28.6 Å². The normalized spacial score (nSPS) is 40.9. The van der Waals surface area contributed by atoms with Crippen molar-refractivity contribution >= 4 is 5.97 Å². The molecular weight excluding hydrogens is 336 g/mol. The number of hydrogen-bond donors (Lipinski definition) is 1. The Bertz CT molecular complexity index is 568. The summed E-state index contributed by atoms with van der Waals surface area (Å²) >= 11 is 0. The van der Waals surface area contributed by atoms with Crippen LogP contribution in [0.2, 0.25) is 0 Å². The molecule has 0 saturated heterocycles. The number of esters is 1. The van der Waals surface area contributed by atoms with E-state index in [2.05, 4.69) is 26.8 Å². The topological polar surface area (TPSA) is 46.5 Å². The SMILES string of the molecule is CCCCCC1=CCC2C(CCC3(C)C(O)CCC23)C1(C)CCC(=O)OC. The molecule has 3 nitrogen and oxygen atoms in total. The number of carbonyl (C=O) groups is 1. The van der Waals surface area contributed by atoms with Gasteiger partial charge in [0.15, 0.2) is 0 Å². The van der Waals surface area contributed by atoms with Gasteiger partial charge in [0.1, 0.15) is 0 Å². The summed E-state index contributed by atoms with van der Waals surface area (Å²) in [6.45, 7) is 7.02. The molecule has 0 bridgehead atoms. The van der Waals surface area contributed by atoms with Gasteiger partial charge < -0.3 is 9.84 Å². The van der Waals surface area contributed by atoms with Crippen LogP contribution in [0.25, 0.3) is 0 Å². The van der Waals surface area contributed by atoms with Crippen molar-refractivity contribution in [3.05, 3.63) is 11.6 Å². The zero-order valence-electron chi connectivity index (χ0n) is 17.9. The Morgan fingerprint density at radius 2 is 2.00 bits per heavy atom. The van der Waals surface area contributed by atoms with E-state index in [1.165, 1.54) is 52.1 Å². The van der Waals surface area contributed by atoms with Gasteiger partial charge in [-0.15, -0.1) is 0 Å². The summed E-state index contributed by atoms with van der Waals surface area (Å²) in [5.74, 6) is 1.87. The zero-order valence-corrected chi connectivity index (χ0v) is 17.9. The molecule has 0 aromatic rings. The maximum Gasteiger partial charge on any atom is 0.305 e. The van der Waals surface area contributed by atoms with Gasteiger partial charge in [-0.2, -0.15) is 0 Å². The molecule has 3 heteroatoms. The van der Waals surface area contributed by atoms with Crippen molar-refractivity contribution in [3.8, 4) is 0 Å². The van der Waals surface area contributed by atoms with Crippen LogP contribution < -0.4 is 0 Å². The van der Waals surface area contributed by atoms with Crippen LogP contribution in [0.1, 0.15) is 91.4 Å². The van der Waals surface area contributed by atoms with E-state index in [-0.39, 0.29) is 22.9 Å². The first kappa shape index (κ1) is 20.9. The lowest BCUT2D eigenvalue weighted by atomic mass is 9.49. The van der Waals surface area contributed by atoms with Crippen LogP contribution in [-0.2, 0) is 9.53 Å². The highest BCUT2D eigenvalue weighted by Crippen LogP contribution is 2.63. The van der Waals surface area contributed by atoms with Gasteiger partial charge in [-0.05, 0) is 80.0 Å². The largest absolute Gasteiger partial charge is 0.469 e. The van der Waals surface area contributed by atoms with Crippen molar-refractivity contribution < 1.29 is 14.6 Å². The molecule has 0 aromatic carbocycles. The van der Waals surface area contributed by atoms with E-state index in [4.69, 9.17) is 4.74 Å². The molecule has 6 unspecified atom stereocenters. The molecule has 3 rings (SSSR count). The van der Waals surface area contributed by atoms with E-state index in [9.17, 15) is 9.90 Å². The number of fused-ring (bicyclic) bond motifs is 3. The summed E-state index contributed by atoms with van der Waals surface area (Å²) in [4.78, 5) is 11.9. The minimum Gasteiger partial charge on any atom is -0.469 e. The molecule has 0 aromatic heterocycles. The molecule has 27 heavy (non-hydrogen) atoms. The lowest BCUT2D eigenvalue weighted by Gasteiger charge is -2.56. The van der Waals surface area contributed by atoms with Crippen LogP contribution in [0.5, 0.6) is 0 Å². The Morgan fingerprint density at radius 3 is 2.70 bits per heavy atom. The highest BCUT2D eigenvalue weighted by Gasteiger charge is 2.57. The molecule has 3 aliphatic rings. The predicted octanol–water partition coefficient (Wildman–Crippen LogP) is 5.66. The van der Waals surface area contributed by atoms with E-state index in [0.29, 0.717) is 24.2 Å². The molecule has 6 atom stereocenters. The molecule has 0 radical (unpaired) electrons. The quantitative estimate of drug-likeness (QED) is 0.354. The van der Waals surface area contributed by atoms with Crippen molar-refractivity contribution in [2.75, 3.05) is 7.11 Å². The van der Waals surface area contributed by atoms with Crippen LogP contribution in [0.3, 0.4) is 0 Å². The third-order valence-corrected chi connectivity index (χ3v) is 8.70. The standard InChI is InChI=1S/C24H40O3/c1-5-6-7-8-17-9-10-18-19-11-12-21(25)24(19,3)15-13-20(18)23(17,2)16-14-22(26)27-4/h9,18-21,25H,5-8,10-16H2,1-4H3. The van der Waals surface area contributed by atoms with Crippen molar-refractivity contribution in [1.82, 2.24) is 0 Å². The third kappa shape index (κ3) is 3.73. The van der Waals surface area contributed by atoms with E-state index in [0.717, 1.165) is 19.3 Å². The highest BCUT2D eigenvalue weighted by molar-refractivity contribution is 5.69. The highest BCUT2D eigenvalue weighted by atomic mass is 16.5. The number of aliphatic hydroxyl groups is 1. The minimum absolute atomic E-state index is 0.0804. The van der Waals surface area contributed by atoms with Crippen LogP contribution in [-0.4, -0.2) is 24.3 Å². The summed E-state index contributed by atoms with van der Waals surface area (Å²) in [6.07, 6.45) is 14.4. The first-order valence-electron chi connectivity index (χ1n) is 11.3. The first-order valence-corrected chi connectivity index (χ1v) is 11.3. The number of allylic oxidation sites excluding steroid dienone is 2. The number of aliphatic hydroxyl groups excluding tert-OH is 1. The molecule has 0 amide bonds. The monoisotopic (exact) mass is 376 g/mol. The maximum atomic E-state index is 11.9. The fraction of sp³-hybridized carbons (Fsp3) is 0.875. The van der Waals surface area contributed by atoms with Crippen LogP contribution in [0.15, 0.2) is 11.6 Å². The zero-order chi connectivity index (χ0) is 19.7. The molecule has 154 valence electrons. The second-order valence-electron chi connectivity index (χ2n) is 9.93. The second-order valence-corrected chi connectivity index (χ2v) is 9.93. The van der Waals surface area contributed by atoms with Gasteiger partial charge >= 0.3 is 5.97 Å². The van der Waals surface area contributed by atoms with Crippen molar-refractivity contribution in [2.45, 2.75) is 97.5 Å². The Morgan fingerprint density at radius 1 is 1.22 bits per heavy atom. The summed E-state index contributed by atoms with van der Waals surface area (Å²) in [5, 5.41) is 10.6. The van der Waals surface area contributed by atoms with Gasteiger partial charge in [-0.3, -0.25) is 4.79 Å². The summed E-state index contributed by atoms with van der Waals surface area (Å²) < 4.78 is 4.96. The van der Waals surface area contributed by atoms with Gasteiger partial charge in [0.25, 0.3) is 0 Å². The predicted molar refractivity (Wildman–Crippen MR) is 109 cm³/mol. The molecule has 2 saturated carbocycles. The summed E-state index contributed by atoms with van der Waals surface area (Å²) in [6, 6.07) is 0. The molecule has 0 aliphatic heterocycles. The van der Waals surface area contributed by atoms with Gasteiger partial charge in [-0.1, -0.05) is 45.3 Å². The van der Waals surface area contributed by atoms with Crippen molar-refractivity contribution in [2.24, 2.45) is 28.6 Å². The molecule has 2 fully saturated rings. The molecular formula is C24H40O3. The molecule has 0 spiro atoms. The van der Waals surface area contributed by atoms with Crippen molar-refractivity contribution in [3.63, 3.8) is 0 Å². The van der Waals surface area contributed by atoms with Crippen molar-refractivity contribution in [1.29, 1.82) is 0 Å². The smallest absolute Gasteiger partial charge is 0.305 e. The fourth-order valence-corrected chi connectivity index (χ4v) is 6.89. The average Bonchev–Trinajstić information content (AvgIpc) is 2.97. The first-order chi connectivity index (χ1) is 12.9. The Kier molecular flexibility index (Phi) is 6.40. The number of rotatable bonds is 7. The van der Waals surface area contributed by atoms with E-state index >= 15 is 0 Å². The number of methoxy groups -OCH3 is 1.